The highest BCUT2D eigenvalue weighted by molar-refractivity contribution is 6.09. The van der Waals surface area contributed by atoms with Crippen molar-refractivity contribution < 1.29 is 0 Å². The number of nitrogens with zero attached hydrogens (tertiary/aromatic N) is 2. The maximum Gasteiger partial charge on any atom is 0.0992 e. The van der Waals surface area contributed by atoms with E-state index in [1.165, 1.54) is 21.9 Å². The van der Waals surface area contributed by atoms with Crippen LogP contribution in [0.25, 0.3) is 21.8 Å². The highest BCUT2D eigenvalue weighted by atomic mass is 14.9. The molecule has 0 N–H and O–H groups in total. The van der Waals surface area contributed by atoms with Crippen molar-refractivity contribution in [2.45, 2.75) is 6.92 Å². The van der Waals surface area contributed by atoms with Crippen LogP contribution in [-0.2, 0) is 7.05 Å². The molecule has 0 saturated heterocycles. The zero-order valence-electron chi connectivity index (χ0n) is 9.86. The van der Waals surface area contributed by atoms with Crippen molar-refractivity contribution >= 4 is 21.8 Å². The number of nitriles is 1. The first-order chi connectivity index (χ1) is 8.22. The van der Waals surface area contributed by atoms with Crippen LogP contribution in [0.4, 0.5) is 0 Å². The Hall–Kier alpha value is -2.27. The molecule has 0 unspecified atom stereocenters. The zero-order valence-corrected chi connectivity index (χ0v) is 9.86. The number of benzene rings is 2. The average molecular weight is 220 g/mol. The van der Waals surface area contributed by atoms with Crippen LogP contribution in [-0.4, -0.2) is 4.57 Å². The molecule has 1 heterocycles. The molecule has 17 heavy (non-hydrogen) atoms. The van der Waals surface area contributed by atoms with Crippen molar-refractivity contribution in [2.75, 3.05) is 0 Å². The van der Waals surface area contributed by atoms with Gasteiger partial charge in [-0.25, -0.2) is 0 Å². The smallest absolute Gasteiger partial charge is 0.0992 e. The first-order valence-electron chi connectivity index (χ1n) is 5.60. The molecule has 1 aromatic heterocycles. The first-order valence-corrected chi connectivity index (χ1v) is 5.60. The van der Waals surface area contributed by atoms with E-state index < -0.39 is 0 Å². The highest BCUT2D eigenvalue weighted by Gasteiger charge is 2.09. The minimum absolute atomic E-state index is 0.709. The van der Waals surface area contributed by atoms with Gasteiger partial charge in [0, 0.05) is 23.3 Å². The molecule has 0 aliphatic carbocycles. The SMILES string of the molecule is Cc1cccc2c1c1ccc(C#N)cc1n2C. The molecule has 2 nitrogen and oxygen atoms in total. The van der Waals surface area contributed by atoms with Crippen molar-refractivity contribution in [3.63, 3.8) is 0 Å². The maximum atomic E-state index is 8.96. The number of aryl methyl sites for hydroxylation is 2. The summed E-state index contributed by atoms with van der Waals surface area (Å²) in [6, 6.07) is 14.4. The van der Waals surface area contributed by atoms with Crippen molar-refractivity contribution in [3.8, 4) is 6.07 Å². The van der Waals surface area contributed by atoms with Crippen LogP contribution >= 0.6 is 0 Å². The summed E-state index contributed by atoms with van der Waals surface area (Å²) in [6.45, 7) is 2.12. The Labute approximate surface area is 99.7 Å². The Kier molecular flexibility index (Phi) is 1.96. The molecule has 0 spiro atoms. The fraction of sp³-hybridized carbons (Fsp3) is 0.133. The van der Waals surface area contributed by atoms with Crippen LogP contribution < -0.4 is 0 Å². The lowest BCUT2D eigenvalue weighted by Gasteiger charge is -1.98. The summed E-state index contributed by atoms with van der Waals surface area (Å²) in [6.07, 6.45) is 0. The van der Waals surface area contributed by atoms with E-state index in [2.05, 4.69) is 35.8 Å². The number of rotatable bonds is 0. The molecule has 2 aromatic carbocycles. The molecule has 0 saturated carbocycles. The second-order valence-corrected chi connectivity index (χ2v) is 4.37. The van der Waals surface area contributed by atoms with Crippen LogP contribution in [0.5, 0.6) is 0 Å². The van der Waals surface area contributed by atoms with E-state index in [4.69, 9.17) is 5.26 Å². The Morgan fingerprint density at radius 3 is 2.71 bits per heavy atom. The fourth-order valence-corrected chi connectivity index (χ4v) is 2.50. The number of fused-ring (bicyclic) bond motifs is 3. The molecule has 3 rings (SSSR count). The van der Waals surface area contributed by atoms with Crippen LogP contribution in [0.1, 0.15) is 11.1 Å². The van der Waals surface area contributed by atoms with Gasteiger partial charge in [-0.3, -0.25) is 0 Å². The molecule has 0 aliphatic heterocycles. The van der Waals surface area contributed by atoms with Crippen LogP contribution in [0.3, 0.4) is 0 Å². The second-order valence-electron chi connectivity index (χ2n) is 4.37. The number of aromatic nitrogens is 1. The number of hydrogen-bond donors (Lipinski definition) is 0. The minimum atomic E-state index is 0.709. The summed E-state index contributed by atoms with van der Waals surface area (Å²) in [7, 11) is 2.05. The Morgan fingerprint density at radius 1 is 1.12 bits per heavy atom. The summed E-state index contributed by atoms with van der Waals surface area (Å²) in [5.74, 6) is 0. The Balaban J connectivity index is 2.60. The molecule has 0 atom stereocenters. The van der Waals surface area contributed by atoms with Gasteiger partial charge in [0.25, 0.3) is 0 Å². The predicted octanol–water partition coefficient (Wildman–Crippen LogP) is 3.51. The lowest BCUT2D eigenvalue weighted by Crippen LogP contribution is -1.86. The van der Waals surface area contributed by atoms with E-state index in [-0.39, 0.29) is 0 Å². The van der Waals surface area contributed by atoms with E-state index >= 15 is 0 Å². The lowest BCUT2D eigenvalue weighted by atomic mass is 10.1. The van der Waals surface area contributed by atoms with Gasteiger partial charge in [0.15, 0.2) is 0 Å². The third kappa shape index (κ3) is 1.26. The van der Waals surface area contributed by atoms with Crippen LogP contribution in [0.2, 0.25) is 0 Å². The van der Waals surface area contributed by atoms with Gasteiger partial charge in [0.05, 0.1) is 17.1 Å². The van der Waals surface area contributed by atoms with Gasteiger partial charge in [-0.15, -0.1) is 0 Å². The summed E-state index contributed by atoms with van der Waals surface area (Å²) in [5.41, 5.74) is 4.32. The number of hydrogen-bond acceptors (Lipinski definition) is 1. The van der Waals surface area contributed by atoms with Gasteiger partial charge < -0.3 is 4.57 Å². The van der Waals surface area contributed by atoms with Gasteiger partial charge >= 0.3 is 0 Å². The molecule has 0 bridgehead atoms. The molecular weight excluding hydrogens is 208 g/mol. The molecule has 0 radical (unpaired) electrons. The summed E-state index contributed by atoms with van der Waals surface area (Å²) in [4.78, 5) is 0. The van der Waals surface area contributed by atoms with Crippen molar-refractivity contribution in [2.24, 2.45) is 7.05 Å². The lowest BCUT2D eigenvalue weighted by molar-refractivity contribution is 1.01. The largest absolute Gasteiger partial charge is 0.344 e. The normalized spacial score (nSPS) is 10.9. The van der Waals surface area contributed by atoms with E-state index in [1.54, 1.807) is 0 Å². The van der Waals surface area contributed by atoms with Crippen molar-refractivity contribution in [3.05, 3.63) is 47.5 Å². The van der Waals surface area contributed by atoms with Crippen LogP contribution in [0.15, 0.2) is 36.4 Å². The van der Waals surface area contributed by atoms with Crippen molar-refractivity contribution in [1.29, 1.82) is 5.26 Å². The van der Waals surface area contributed by atoms with Gasteiger partial charge in [-0.05, 0) is 30.7 Å². The molecule has 0 fully saturated rings. The summed E-state index contributed by atoms with van der Waals surface area (Å²) < 4.78 is 2.15. The zero-order chi connectivity index (χ0) is 12.0. The van der Waals surface area contributed by atoms with Gasteiger partial charge in [0.2, 0.25) is 0 Å². The molecule has 2 heteroatoms. The molecule has 0 aliphatic rings. The maximum absolute atomic E-state index is 8.96. The molecule has 82 valence electrons. The van der Waals surface area contributed by atoms with Crippen LogP contribution in [0, 0.1) is 18.3 Å². The van der Waals surface area contributed by atoms with E-state index in [0.717, 1.165) is 5.52 Å². The first kappa shape index (κ1) is 9.92. The highest BCUT2D eigenvalue weighted by Crippen LogP contribution is 2.30. The predicted molar refractivity (Wildman–Crippen MR) is 69.9 cm³/mol. The third-order valence-corrected chi connectivity index (χ3v) is 3.37. The molecule has 0 amide bonds. The van der Waals surface area contributed by atoms with E-state index in [1.807, 2.05) is 25.2 Å². The average Bonchev–Trinajstić information content (AvgIpc) is 2.64. The summed E-state index contributed by atoms with van der Waals surface area (Å²) in [5, 5.41) is 11.5. The third-order valence-electron chi connectivity index (χ3n) is 3.37. The standard InChI is InChI=1S/C15H12N2/c1-10-4-3-5-13-15(10)12-7-6-11(9-16)8-14(12)17(13)2/h3-8H,1-2H3. The Bertz CT molecular complexity index is 773. The van der Waals surface area contributed by atoms with E-state index in [9.17, 15) is 0 Å². The van der Waals surface area contributed by atoms with Gasteiger partial charge in [0.1, 0.15) is 0 Å². The fourth-order valence-electron chi connectivity index (χ4n) is 2.50. The van der Waals surface area contributed by atoms with Gasteiger partial charge in [-0.2, -0.15) is 5.26 Å². The van der Waals surface area contributed by atoms with Gasteiger partial charge in [-0.1, -0.05) is 18.2 Å². The minimum Gasteiger partial charge on any atom is -0.344 e. The topological polar surface area (TPSA) is 28.7 Å². The molecule has 3 aromatic rings. The Morgan fingerprint density at radius 2 is 1.94 bits per heavy atom. The monoisotopic (exact) mass is 220 g/mol. The van der Waals surface area contributed by atoms with E-state index in [0.29, 0.717) is 5.56 Å². The molecular formula is C15H12N2. The van der Waals surface area contributed by atoms with Crippen molar-refractivity contribution in [1.82, 2.24) is 4.57 Å². The quantitative estimate of drug-likeness (QED) is 0.570. The summed E-state index contributed by atoms with van der Waals surface area (Å²) >= 11 is 0. The second kappa shape index (κ2) is 3.36.